The SMILES string of the molecule is CC1CC1C(N)=NC(C)(C)C. The zero-order valence-corrected chi connectivity index (χ0v) is 7.89. The highest BCUT2D eigenvalue weighted by molar-refractivity contribution is 5.85. The molecule has 0 aromatic heterocycles. The molecule has 2 N–H and O–H groups in total. The van der Waals surface area contributed by atoms with Crippen LogP contribution in [0.5, 0.6) is 0 Å². The number of amidine groups is 1. The minimum absolute atomic E-state index is 0.00755. The number of rotatable bonds is 1. The van der Waals surface area contributed by atoms with Crippen LogP contribution in [0, 0.1) is 11.8 Å². The molecule has 0 saturated heterocycles. The van der Waals surface area contributed by atoms with Gasteiger partial charge < -0.3 is 5.73 Å². The van der Waals surface area contributed by atoms with Gasteiger partial charge in [0, 0.05) is 5.92 Å². The number of nitrogens with zero attached hydrogens (tertiary/aromatic N) is 1. The largest absolute Gasteiger partial charge is 0.387 e. The molecule has 1 saturated carbocycles. The van der Waals surface area contributed by atoms with Crippen molar-refractivity contribution in [3.63, 3.8) is 0 Å². The standard InChI is InChI=1S/C9H18N2/c1-6-5-7(6)8(10)11-9(2,3)4/h6-7H,5H2,1-4H3,(H2,10,11). The molecule has 0 radical (unpaired) electrons. The van der Waals surface area contributed by atoms with Gasteiger partial charge in [0.2, 0.25) is 0 Å². The Hall–Kier alpha value is -0.530. The van der Waals surface area contributed by atoms with E-state index in [-0.39, 0.29) is 5.54 Å². The topological polar surface area (TPSA) is 38.4 Å². The fraction of sp³-hybridized carbons (Fsp3) is 0.889. The maximum absolute atomic E-state index is 5.81. The van der Waals surface area contributed by atoms with E-state index in [0.29, 0.717) is 5.92 Å². The molecule has 64 valence electrons. The van der Waals surface area contributed by atoms with E-state index in [1.165, 1.54) is 6.42 Å². The summed E-state index contributed by atoms with van der Waals surface area (Å²) in [4.78, 5) is 4.42. The Morgan fingerprint density at radius 3 is 2.18 bits per heavy atom. The number of hydrogen-bond acceptors (Lipinski definition) is 1. The molecule has 1 rings (SSSR count). The molecule has 0 amide bonds. The predicted molar refractivity (Wildman–Crippen MR) is 48.6 cm³/mol. The van der Waals surface area contributed by atoms with Crippen LogP contribution in [0.3, 0.4) is 0 Å². The van der Waals surface area contributed by atoms with Crippen molar-refractivity contribution >= 4 is 5.84 Å². The molecule has 1 aliphatic rings. The van der Waals surface area contributed by atoms with E-state index < -0.39 is 0 Å². The minimum atomic E-state index is -0.00755. The lowest BCUT2D eigenvalue weighted by atomic mass is 10.1. The molecular formula is C9H18N2. The monoisotopic (exact) mass is 154 g/mol. The third kappa shape index (κ3) is 2.52. The van der Waals surface area contributed by atoms with Crippen molar-refractivity contribution in [2.45, 2.75) is 39.7 Å². The zero-order chi connectivity index (χ0) is 8.65. The maximum Gasteiger partial charge on any atom is 0.0977 e. The summed E-state index contributed by atoms with van der Waals surface area (Å²) >= 11 is 0. The van der Waals surface area contributed by atoms with Gasteiger partial charge in [-0.2, -0.15) is 0 Å². The van der Waals surface area contributed by atoms with Crippen LogP contribution in [0.25, 0.3) is 0 Å². The first-order valence-electron chi connectivity index (χ1n) is 4.25. The third-order valence-electron chi connectivity index (χ3n) is 1.95. The normalized spacial score (nSPS) is 32.2. The molecule has 2 heteroatoms. The lowest BCUT2D eigenvalue weighted by Crippen LogP contribution is -2.22. The first-order chi connectivity index (χ1) is 4.90. The highest BCUT2D eigenvalue weighted by Crippen LogP contribution is 2.38. The fourth-order valence-electron chi connectivity index (χ4n) is 1.20. The lowest BCUT2D eigenvalue weighted by molar-refractivity contribution is 0.579. The van der Waals surface area contributed by atoms with Gasteiger partial charge in [-0.3, -0.25) is 4.99 Å². The quantitative estimate of drug-likeness (QED) is 0.454. The summed E-state index contributed by atoms with van der Waals surface area (Å²) in [6, 6.07) is 0. The van der Waals surface area contributed by atoms with E-state index in [1.807, 2.05) is 0 Å². The van der Waals surface area contributed by atoms with Crippen LogP contribution in [0.4, 0.5) is 0 Å². The molecule has 1 aliphatic carbocycles. The molecule has 0 aliphatic heterocycles. The van der Waals surface area contributed by atoms with Crippen LogP contribution in [0.2, 0.25) is 0 Å². The van der Waals surface area contributed by atoms with Gasteiger partial charge in [0.25, 0.3) is 0 Å². The predicted octanol–water partition coefficient (Wildman–Crippen LogP) is 1.80. The molecule has 0 aromatic rings. The molecule has 1 fully saturated rings. The van der Waals surface area contributed by atoms with Gasteiger partial charge in [-0.25, -0.2) is 0 Å². The smallest absolute Gasteiger partial charge is 0.0977 e. The second-order valence-corrected chi connectivity index (χ2v) is 4.53. The first kappa shape index (κ1) is 8.57. The Kier molecular flexibility index (Phi) is 1.95. The average molecular weight is 154 g/mol. The van der Waals surface area contributed by atoms with Crippen molar-refractivity contribution in [1.82, 2.24) is 0 Å². The summed E-state index contributed by atoms with van der Waals surface area (Å²) in [5, 5.41) is 0. The highest BCUT2D eigenvalue weighted by atomic mass is 14.9. The number of aliphatic imine (C=N–C) groups is 1. The van der Waals surface area contributed by atoms with Crippen LogP contribution in [-0.2, 0) is 0 Å². The van der Waals surface area contributed by atoms with E-state index in [9.17, 15) is 0 Å². The van der Waals surface area contributed by atoms with Gasteiger partial charge in [0.05, 0.1) is 11.4 Å². The van der Waals surface area contributed by atoms with Crippen molar-refractivity contribution in [1.29, 1.82) is 0 Å². The van der Waals surface area contributed by atoms with E-state index in [2.05, 4.69) is 32.7 Å². The van der Waals surface area contributed by atoms with Crippen molar-refractivity contribution < 1.29 is 0 Å². The second kappa shape index (κ2) is 2.50. The maximum atomic E-state index is 5.81. The summed E-state index contributed by atoms with van der Waals surface area (Å²) in [5.74, 6) is 2.19. The van der Waals surface area contributed by atoms with Crippen LogP contribution in [-0.4, -0.2) is 11.4 Å². The van der Waals surface area contributed by atoms with E-state index in [0.717, 1.165) is 11.8 Å². The van der Waals surface area contributed by atoms with Gasteiger partial charge >= 0.3 is 0 Å². The number of nitrogens with two attached hydrogens (primary N) is 1. The third-order valence-corrected chi connectivity index (χ3v) is 1.95. The van der Waals surface area contributed by atoms with Gasteiger partial charge in [-0.05, 0) is 33.1 Å². The highest BCUT2D eigenvalue weighted by Gasteiger charge is 2.36. The second-order valence-electron chi connectivity index (χ2n) is 4.53. The molecule has 2 nitrogen and oxygen atoms in total. The van der Waals surface area contributed by atoms with Crippen molar-refractivity contribution in [2.75, 3.05) is 0 Å². The van der Waals surface area contributed by atoms with Crippen LogP contribution in [0.15, 0.2) is 4.99 Å². The molecule has 0 bridgehead atoms. The Morgan fingerprint density at radius 2 is 1.91 bits per heavy atom. The van der Waals surface area contributed by atoms with Crippen LogP contribution in [0.1, 0.15) is 34.1 Å². The molecule has 0 aromatic carbocycles. The minimum Gasteiger partial charge on any atom is -0.387 e. The molecule has 0 spiro atoms. The Morgan fingerprint density at radius 1 is 1.45 bits per heavy atom. The summed E-state index contributed by atoms with van der Waals surface area (Å²) in [6.45, 7) is 8.45. The number of hydrogen-bond donors (Lipinski definition) is 1. The molecule has 11 heavy (non-hydrogen) atoms. The van der Waals surface area contributed by atoms with Gasteiger partial charge in [0.1, 0.15) is 0 Å². The first-order valence-corrected chi connectivity index (χ1v) is 4.25. The van der Waals surface area contributed by atoms with Crippen molar-refractivity contribution in [3.05, 3.63) is 0 Å². The molecule has 0 heterocycles. The molecule has 2 atom stereocenters. The lowest BCUT2D eigenvalue weighted by Gasteiger charge is -2.13. The summed E-state index contributed by atoms with van der Waals surface area (Å²) in [7, 11) is 0. The van der Waals surface area contributed by atoms with Crippen LogP contribution < -0.4 is 5.73 Å². The van der Waals surface area contributed by atoms with Gasteiger partial charge in [-0.1, -0.05) is 6.92 Å². The average Bonchev–Trinajstić information content (AvgIpc) is 2.41. The molecule has 2 unspecified atom stereocenters. The summed E-state index contributed by atoms with van der Waals surface area (Å²) in [6.07, 6.45) is 1.23. The van der Waals surface area contributed by atoms with Crippen molar-refractivity contribution in [3.8, 4) is 0 Å². The Bertz CT molecular complexity index is 176. The molecular weight excluding hydrogens is 136 g/mol. The van der Waals surface area contributed by atoms with E-state index in [1.54, 1.807) is 0 Å². The summed E-state index contributed by atoms with van der Waals surface area (Å²) in [5.41, 5.74) is 5.80. The van der Waals surface area contributed by atoms with E-state index in [4.69, 9.17) is 5.73 Å². The van der Waals surface area contributed by atoms with Crippen molar-refractivity contribution in [2.24, 2.45) is 22.6 Å². The zero-order valence-electron chi connectivity index (χ0n) is 7.89. The van der Waals surface area contributed by atoms with Crippen LogP contribution >= 0.6 is 0 Å². The Balaban J connectivity index is 2.53. The van der Waals surface area contributed by atoms with Gasteiger partial charge in [-0.15, -0.1) is 0 Å². The fourth-order valence-corrected chi connectivity index (χ4v) is 1.20. The Labute approximate surface area is 68.9 Å². The summed E-state index contributed by atoms with van der Waals surface area (Å²) < 4.78 is 0. The van der Waals surface area contributed by atoms with E-state index >= 15 is 0 Å². The van der Waals surface area contributed by atoms with Gasteiger partial charge in [0.15, 0.2) is 0 Å².